The SMILES string of the molecule is COC(=O)C1(CNC(=O)C2CC2c2ccco2)CCCC1. The highest BCUT2D eigenvalue weighted by Gasteiger charge is 2.47. The van der Waals surface area contributed by atoms with E-state index in [1.165, 1.54) is 7.11 Å². The van der Waals surface area contributed by atoms with Crippen LogP contribution in [0.1, 0.15) is 43.8 Å². The molecule has 2 saturated carbocycles. The Bertz CT molecular complexity index is 516. The van der Waals surface area contributed by atoms with Crippen molar-refractivity contribution in [3.8, 4) is 0 Å². The molecular formula is C16H21NO4. The molecule has 1 N–H and O–H groups in total. The summed E-state index contributed by atoms with van der Waals surface area (Å²) in [5, 5.41) is 2.95. The third-order valence-electron chi connectivity index (χ3n) is 4.82. The predicted molar refractivity (Wildman–Crippen MR) is 75.5 cm³/mol. The maximum atomic E-state index is 12.2. The molecule has 1 aromatic heterocycles. The van der Waals surface area contributed by atoms with Gasteiger partial charge in [-0.25, -0.2) is 0 Å². The third kappa shape index (κ3) is 2.69. The van der Waals surface area contributed by atoms with E-state index < -0.39 is 5.41 Å². The van der Waals surface area contributed by atoms with Crippen LogP contribution in [-0.2, 0) is 14.3 Å². The van der Waals surface area contributed by atoms with E-state index in [9.17, 15) is 9.59 Å². The van der Waals surface area contributed by atoms with Gasteiger partial charge in [0.15, 0.2) is 0 Å². The molecule has 2 aliphatic rings. The topological polar surface area (TPSA) is 68.5 Å². The van der Waals surface area contributed by atoms with Crippen LogP contribution in [0.4, 0.5) is 0 Å². The largest absolute Gasteiger partial charge is 0.469 e. The first-order valence-electron chi connectivity index (χ1n) is 7.56. The van der Waals surface area contributed by atoms with Crippen LogP contribution in [0.3, 0.4) is 0 Å². The van der Waals surface area contributed by atoms with Gasteiger partial charge in [0, 0.05) is 18.4 Å². The van der Waals surface area contributed by atoms with Crippen LogP contribution in [0.2, 0.25) is 0 Å². The summed E-state index contributed by atoms with van der Waals surface area (Å²) in [6, 6.07) is 3.75. The normalized spacial score (nSPS) is 26.3. The summed E-state index contributed by atoms with van der Waals surface area (Å²) in [4.78, 5) is 24.2. The number of carbonyl (C=O) groups excluding carboxylic acids is 2. The van der Waals surface area contributed by atoms with E-state index in [2.05, 4.69) is 5.32 Å². The fourth-order valence-electron chi connectivity index (χ4n) is 3.41. The van der Waals surface area contributed by atoms with Gasteiger partial charge in [-0.1, -0.05) is 12.8 Å². The van der Waals surface area contributed by atoms with E-state index in [-0.39, 0.29) is 23.7 Å². The number of carbonyl (C=O) groups is 2. The van der Waals surface area contributed by atoms with Crippen molar-refractivity contribution in [2.75, 3.05) is 13.7 Å². The Morgan fingerprint density at radius 2 is 2.19 bits per heavy atom. The first-order chi connectivity index (χ1) is 10.2. The molecule has 0 aromatic carbocycles. The van der Waals surface area contributed by atoms with Gasteiger partial charge in [-0.05, 0) is 31.4 Å². The lowest BCUT2D eigenvalue weighted by Crippen LogP contribution is -2.42. The molecule has 114 valence electrons. The van der Waals surface area contributed by atoms with Crippen molar-refractivity contribution in [2.24, 2.45) is 11.3 Å². The second-order valence-electron chi connectivity index (χ2n) is 6.16. The predicted octanol–water partition coefficient (Wildman–Crippen LogP) is 2.23. The average Bonchev–Trinajstić information content (AvgIpc) is 2.95. The zero-order chi connectivity index (χ0) is 14.9. The maximum absolute atomic E-state index is 12.2. The van der Waals surface area contributed by atoms with Crippen molar-refractivity contribution < 1.29 is 18.7 Å². The first kappa shape index (κ1) is 14.2. The summed E-state index contributed by atoms with van der Waals surface area (Å²) in [7, 11) is 1.41. The molecular weight excluding hydrogens is 270 g/mol. The Labute approximate surface area is 124 Å². The molecule has 1 heterocycles. The lowest BCUT2D eigenvalue weighted by Gasteiger charge is -2.26. The molecule has 0 radical (unpaired) electrons. The standard InChI is InChI=1S/C16H21NO4/c1-20-15(19)16(6-2-3-7-16)10-17-14(18)12-9-11(12)13-5-4-8-21-13/h4-5,8,11-12H,2-3,6-7,9-10H2,1H3,(H,17,18). The van der Waals surface area contributed by atoms with E-state index in [4.69, 9.17) is 9.15 Å². The van der Waals surface area contributed by atoms with Gasteiger partial charge in [0.2, 0.25) is 5.91 Å². The van der Waals surface area contributed by atoms with Gasteiger partial charge in [-0.15, -0.1) is 0 Å². The second-order valence-corrected chi connectivity index (χ2v) is 6.16. The molecule has 5 heteroatoms. The highest BCUT2D eigenvalue weighted by molar-refractivity contribution is 5.84. The van der Waals surface area contributed by atoms with Gasteiger partial charge in [0.25, 0.3) is 0 Å². The van der Waals surface area contributed by atoms with E-state index in [0.29, 0.717) is 6.54 Å². The summed E-state index contributed by atoms with van der Waals surface area (Å²) < 4.78 is 10.3. The zero-order valence-electron chi connectivity index (χ0n) is 12.3. The Morgan fingerprint density at radius 1 is 1.43 bits per heavy atom. The van der Waals surface area contributed by atoms with Crippen molar-refractivity contribution in [1.29, 1.82) is 0 Å². The smallest absolute Gasteiger partial charge is 0.313 e. The molecule has 2 unspecified atom stereocenters. The first-order valence-corrected chi connectivity index (χ1v) is 7.56. The summed E-state index contributed by atoms with van der Waals surface area (Å²) in [5.41, 5.74) is -0.514. The fraction of sp³-hybridized carbons (Fsp3) is 0.625. The van der Waals surface area contributed by atoms with Crippen LogP contribution < -0.4 is 5.32 Å². The van der Waals surface area contributed by atoms with E-state index in [0.717, 1.165) is 37.9 Å². The molecule has 1 amide bonds. The van der Waals surface area contributed by atoms with E-state index >= 15 is 0 Å². The van der Waals surface area contributed by atoms with Gasteiger partial charge >= 0.3 is 5.97 Å². The van der Waals surface area contributed by atoms with Crippen molar-refractivity contribution in [1.82, 2.24) is 5.32 Å². The Balaban J connectivity index is 1.55. The van der Waals surface area contributed by atoms with Gasteiger partial charge in [0.1, 0.15) is 5.76 Å². The number of hydrogen-bond acceptors (Lipinski definition) is 4. The third-order valence-corrected chi connectivity index (χ3v) is 4.82. The van der Waals surface area contributed by atoms with E-state index in [1.807, 2.05) is 12.1 Å². The number of rotatable bonds is 5. The molecule has 0 aliphatic heterocycles. The lowest BCUT2D eigenvalue weighted by molar-refractivity contribution is -0.152. The van der Waals surface area contributed by atoms with Crippen molar-refractivity contribution in [2.45, 2.75) is 38.0 Å². The molecule has 2 fully saturated rings. The minimum Gasteiger partial charge on any atom is -0.469 e. The number of amides is 1. The van der Waals surface area contributed by atoms with Crippen LogP contribution in [0.25, 0.3) is 0 Å². The van der Waals surface area contributed by atoms with Crippen LogP contribution in [0.5, 0.6) is 0 Å². The molecule has 1 aromatic rings. The van der Waals surface area contributed by atoms with Gasteiger partial charge in [-0.2, -0.15) is 0 Å². The van der Waals surface area contributed by atoms with Crippen molar-refractivity contribution in [3.63, 3.8) is 0 Å². The number of hydrogen-bond donors (Lipinski definition) is 1. The van der Waals surface area contributed by atoms with Gasteiger partial charge in [0.05, 0.1) is 18.8 Å². The van der Waals surface area contributed by atoms with Crippen molar-refractivity contribution in [3.05, 3.63) is 24.2 Å². The highest BCUT2D eigenvalue weighted by Crippen LogP contribution is 2.48. The lowest BCUT2D eigenvalue weighted by atomic mass is 9.86. The summed E-state index contributed by atoms with van der Waals surface area (Å²) >= 11 is 0. The number of ether oxygens (including phenoxy) is 1. The zero-order valence-corrected chi connectivity index (χ0v) is 12.3. The molecule has 0 bridgehead atoms. The highest BCUT2D eigenvalue weighted by atomic mass is 16.5. The minimum atomic E-state index is -0.514. The Hall–Kier alpha value is -1.78. The molecule has 5 nitrogen and oxygen atoms in total. The van der Waals surface area contributed by atoms with Gasteiger partial charge < -0.3 is 14.5 Å². The molecule has 2 aliphatic carbocycles. The number of furan rings is 1. The van der Waals surface area contributed by atoms with Crippen LogP contribution >= 0.6 is 0 Å². The van der Waals surface area contributed by atoms with Crippen LogP contribution in [0, 0.1) is 11.3 Å². The summed E-state index contributed by atoms with van der Waals surface area (Å²) in [5.74, 6) is 0.869. The average molecular weight is 291 g/mol. The molecule has 2 atom stereocenters. The molecule has 0 saturated heterocycles. The number of nitrogens with one attached hydrogen (secondary N) is 1. The van der Waals surface area contributed by atoms with Gasteiger partial charge in [-0.3, -0.25) is 9.59 Å². The van der Waals surface area contributed by atoms with Crippen LogP contribution in [0.15, 0.2) is 22.8 Å². The monoisotopic (exact) mass is 291 g/mol. The molecule has 0 spiro atoms. The molecule has 3 rings (SSSR count). The maximum Gasteiger partial charge on any atom is 0.313 e. The summed E-state index contributed by atoms with van der Waals surface area (Å²) in [6.07, 6.45) is 6.09. The fourth-order valence-corrected chi connectivity index (χ4v) is 3.41. The van der Waals surface area contributed by atoms with Crippen LogP contribution in [-0.4, -0.2) is 25.5 Å². The summed E-state index contributed by atoms with van der Waals surface area (Å²) in [6.45, 7) is 0.389. The quantitative estimate of drug-likeness (QED) is 0.845. The van der Waals surface area contributed by atoms with Crippen molar-refractivity contribution >= 4 is 11.9 Å². The second kappa shape index (κ2) is 5.54. The Kier molecular flexibility index (Phi) is 3.74. The Morgan fingerprint density at radius 3 is 2.81 bits per heavy atom. The number of methoxy groups -OCH3 is 1. The minimum absolute atomic E-state index is 0.0200. The molecule has 21 heavy (non-hydrogen) atoms. The van der Waals surface area contributed by atoms with E-state index in [1.54, 1.807) is 6.26 Å². The number of esters is 1.